The van der Waals surface area contributed by atoms with Crippen LogP contribution in [0.3, 0.4) is 0 Å². The summed E-state index contributed by atoms with van der Waals surface area (Å²) in [6, 6.07) is -2.15. The number of hydrogen-bond donors (Lipinski definition) is 4. The molecule has 1 fully saturated rings. The van der Waals surface area contributed by atoms with Gasteiger partial charge in [-0.3, -0.25) is 10.2 Å². The molecule has 0 spiro atoms. The zero-order valence-electron chi connectivity index (χ0n) is 10.6. The van der Waals surface area contributed by atoms with Crippen molar-refractivity contribution in [2.24, 2.45) is 0 Å². The van der Waals surface area contributed by atoms with Crippen molar-refractivity contribution in [2.45, 2.75) is 12.5 Å². The molecule has 0 unspecified atom stereocenters. The number of carbonyl (C=O) groups excluding carboxylic acids is 1. The highest BCUT2D eigenvalue weighted by Crippen LogP contribution is 1.96. The molecule has 0 saturated carbocycles. The van der Waals surface area contributed by atoms with E-state index in [0.29, 0.717) is 13.1 Å². The van der Waals surface area contributed by atoms with Crippen molar-refractivity contribution in [3.63, 3.8) is 0 Å². The van der Waals surface area contributed by atoms with Gasteiger partial charge in [0.1, 0.15) is 6.04 Å². The maximum atomic E-state index is 11.6. The van der Waals surface area contributed by atoms with Crippen LogP contribution in [0, 0.1) is 0 Å². The van der Waals surface area contributed by atoms with Gasteiger partial charge in [0, 0.05) is 26.2 Å². The summed E-state index contributed by atoms with van der Waals surface area (Å²) in [5.41, 5.74) is 2.50. The number of aliphatic carboxylic acids is 2. The summed E-state index contributed by atoms with van der Waals surface area (Å²) in [5, 5.41) is 21.1. The molecule has 1 heterocycles. The van der Waals surface area contributed by atoms with E-state index in [0.717, 1.165) is 13.1 Å². The van der Waals surface area contributed by atoms with Crippen LogP contribution in [-0.2, 0) is 9.59 Å². The molecule has 1 aliphatic rings. The van der Waals surface area contributed by atoms with Crippen LogP contribution in [0.15, 0.2) is 0 Å². The fourth-order valence-electron chi connectivity index (χ4n) is 1.63. The molecule has 9 heteroatoms. The molecular weight excluding hydrogens is 256 g/mol. The number of hydrazine groups is 1. The standard InChI is InChI=1S/C10H18N4O5/c1-13-2-4-14(5-3-13)12-10(19)11-7(9(17)18)6-8(15)16/h7H,2-6H2,1H3,(H,15,16)(H,17,18)(H2,11,12,19)/t7-/m1/s1. The summed E-state index contributed by atoms with van der Waals surface area (Å²) < 4.78 is 0. The normalized spacial score (nSPS) is 18.6. The van der Waals surface area contributed by atoms with Crippen LogP contribution >= 0.6 is 0 Å². The zero-order chi connectivity index (χ0) is 14.4. The molecule has 1 aliphatic heterocycles. The minimum Gasteiger partial charge on any atom is -0.481 e. The molecule has 0 aromatic heterocycles. The lowest BCUT2D eigenvalue weighted by molar-refractivity contribution is -0.145. The Hall–Kier alpha value is -1.87. The van der Waals surface area contributed by atoms with Crippen molar-refractivity contribution in [1.82, 2.24) is 20.7 Å². The summed E-state index contributed by atoms with van der Waals surface area (Å²) in [6.07, 6.45) is -0.661. The molecule has 0 aliphatic carbocycles. The van der Waals surface area contributed by atoms with Gasteiger partial charge in [-0.05, 0) is 7.05 Å². The SMILES string of the molecule is CN1CCN(NC(=O)N[C@H](CC(=O)O)C(=O)O)CC1. The third-order valence-electron chi connectivity index (χ3n) is 2.75. The highest BCUT2D eigenvalue weighted by molar-refractivity contribution is 5.85. The van der Waals surface area contributed by atoms with Gasteiger partial charge in [0.2, 0.25) is 0 Å². The number of nitrogens with one attached hydrogen (secondary N) is 2. The minimum absolute atomic E-state index is 0.626. The number of piperazine rings is 1. The quantitative estimate of drug-likeness (QED) is 0.475. The molecule has 19 heavy (non-hydrogen) atoms. The highest BCUT2D eigenvalue weighted by Gasteiger charge is 2.24. The Balaban J connectivity index is 2.40. The number of rotatable bonds is 5. The van der Waals surface area contributed by atoms with Crippen LogP contribution in [-0.4, -0.2) is 77.4 Å². The summed E-state index contributed by atoms with van der Waals surface area (Å²) in [4.78, 5) is 34.9. The second-order valence-electron chi connectivity index (χ2n) is 4.36. The van der Waals surface area contributed by atoms with E-state index in [-0.39, 0.29) is 0 Å². The number of carboxylic acid groups (broad SMARTS) is 2. The Morgan fingerprint density at radius 2 is 1.74 bits per heavy atom. The van der Waals surface area contributed by atoms with Crippen molar-refractivity contribution >= 4 is 18.0 Å². The van der Waals surface area contributed by atoms with E-state index in [1.54, 1.807) is 5.01 Å². The highest BCUT2D eigenvalue weighted by atomic mass is 16.4. The number of hydrogen-bond acceptors (Lipinski definition) is 5. The Kier molecular flexibility index (Phi) is 5.52. The van der Waals surface area contributed by atoms with Crippen LogP contribution in [0.2, 0.25) is 0 Å². The lowest BCUT2D eigenvalue weighted by atomic mass is 10.2. The average Bonchev–Trinajstić information content (AvgIpc) is 2.30. The monoisotopic (exact) mass is 274 g/mol. The van der Waals surface area contributed by atoms with E-state index < -0.39 is 30.4 Å². The fraction of sp³-hybridized carbons (Fsp3) is 0.700. The van der Waals surface area contributed by atoms with E-state index in [1.807, 2.05) is 7.05 Å². The van der Waals surface area contributed by atoms with Gasteiger partial charge in [0.25, 0.3) is 0 Å². The largest absolute Gasteiger partial charge is 0.481 e. The van der Waals surface area contributed by atoms with Crippen LogP contribution in [0.5, 0.6) is 0 Å². The van der Waals surface area contributed by atoms with Gasteiger partial charge in [-0.2, -0.15) is 0 Å². The first-order chi connectivity index (χ1) is 8.88. The van der Waals surface area contributed by atoms with Gasteiger partial charge >= 0.3 is 18.0 Å². The van der Waals surface area contributed by atoms with Crippen molar-refractivity contribution in [3.05, 3.63) is 0 Å². The molecule has 2 amide bonds. The molecule has 108 valence electrons. The van der Waals surface area contributed by atoms with Crippen molar-refractivity contribution in [3.8, 4) is 0 Å². The number of carbonyl (C=O) groups is 3. The third-order valence-corrected chi connectivity index (χ3v) is 2.75. The Bertz CT molecular complexity index is 354. The van der Waals surface area contributed by atoms with Gasteiger partial charge in [-0.25, -0.2) is 14.6 Å². The Morgan fingerprint density at radius 3 is 2.21 bits per heavy atom. The zero-order valence-corrected chi connectivity index (χ0v) is 10.6. The van der Waals surface area contributed by atoms with Gasteiger partial charge < -0.3 is 20.4 Å². The topological polar surface area (TPSA) is 122 Å². The van der Waals surface area contributed by atoms with E-state index >= 15 is 0 Å². The fourth-order valence-corrected chi connectivity index (χ4v) is 1.63. The molecule has 0 bridgehead atoms. The van der Waals surface area contributed by atoms with Gasteiger partial charge in [-0.15, -0.1) is 0 Å². The molecular formula is C10H18N4O5. The summed E-state index contributed by atoms with van der Waals surface area (Å²) in [6.45, 7) is 2.83. The lowest BCUT2D eigenvalue weighted by Crippen LogP contribution is -2.57. The molecule has 1 rings (SSSR count). The molecule has 0 aromatic rings. The Labute approximate surface area is 110 Å². The van der Waals surface area contributed by atoms with Crippen molar-refractivity contribution < 1.29 is 24.6 Å². The van der Waals surface area contributed by atoms with E-state index in [4.69, 9.17) is 10.2 Å². The lowest BCUT2D eigenvalue weighted by Gasteiger charge is -2.32. The maximum absolute atomic E-state index is 11.6. The van der Waals surface area contributed by atoms with E-state index in [1.165, 1.54) is 0 Å². The minimum atomic E-state index is -1.44. The number of urea groups is 1. The first-order valence-electron chi connectivity index (χ1n) is 5.83. The number of likely N-dealkylation sites (N-methyl/N-ethyl adjacent to an activating group) is 1. The van der Waals surface area contributed by atoms with E-state index in [2.05, 4.69) is 15.6 Å². The number of nitrogens with zero attached hydrogens (tertiary/aromatic N) is 2. The molecule has 1 atom stereocenters. The number of carboxylic acids is 2. The van der Waals surface area contributed by atoms with Crippen LogP contribution < -0.4 is 10.7 Å². The summed E-state index contributed by atoms with van der Waals surface area (Å²) in [7, 11) is 1.96. The van der Waals surface area contributed by atoms with Gasteiger partial charge in [0.05, 0.1) is 6.42 Å². The predicted molar refractivity (Wildman–Crippen MR) is 64.4 cm³/mol. The third kappa shape index (κ3) is 5.53. The molecule has 0 aromatic carbocycles. The second-order valence-corrected chi connectivity index (χ2v) is 4.36. The molecule has 9 nitrogen and oxygen atoms in total. The summed E-state index contributed by atoms with van der Waals surface area (Å²) >= 11 is 0. The van der Waals surface area contributed by atoms with Crippen LogP contribution in [0.25, 0.3) is 0 Å². The Morgan fingerprint density at radius 1 is 1.16 bits per heavy atom. The van der Waals surface area contributed by atoms with E-state index in [9.17, 15) is 14.4 Å². The van der Waals surface area contributed by atoms with Gasteiger partial charge in [-0.1, -0.05) is 0 Å². The van der Waals surface area contributed by atoms with Crippen LogP contribution in [0.4, 0.5) is 4.79 Å². The second kappa shape index (κ2) is 6.90. The van der Waals surface area contributed by atoms with Crippen LogP contribution in [0.1, 0.15) is 6.42 Å². The first kappa shape index (κ1) is 15.2. The number of amides is 2. The molecule has 4 N–H and O–H groups in total. The molecule has 0 radical (unpaired) electrons. The maximum Gasteiger partial charge on any atom is 0.330 e. The van der Waals surface area contributed by atoms with Crippen molar-refractivity contribution in [1.29, 1.82) is 0 Å². The molecule has 1 saturated heterocycles. The summed E-state index contributed by atoms with van der Waals surface area (Å²) in [5.74, 6) is -2.66. The first-order valence-corrected chi connectivity index (χ1v) is 5.83. The van der Waals surface area contributed by atoms with Gasteiger partial charge in [0.15, 0.2) is 0 Å². The predicted octanol–water partition coefficient (Wildman–Crippen LogP) is -1.62. The average molecular weight is 274 g/mol. The van der Waals surface area contributed by atoms with Crippen molar-refractivity contribution in [2.75, 3.05) is 33.2 Å². The smallest absolute Gasteiger partial charge is 0.330 e.